The molecule has 1 rings (SSSR count). The van der Waals surface area contributed by atoms with Gasteiger partial charge in [0.05, 0.1) is 12.7 Å². The van der Waals surface area contributed by atoms with Crippen molar-refractivity contribution < 1.29 is 13.9 Å². The predicted molar refractivity (Wildman–Crippen MR) is 68.2 cm³/mol. The number of carbonyl (C=O) groups is 1. The normalized spacial score (nSPS) is 11.4. The zero-order valence-corrected chi connectivity index (χ0v) is 10.6. The molecule has 1 N–H and O–H groups in total. The summed E-state index contributed by atoms with van der Waals surface area (Å²) in [5.74, 6) is -1.78. The quantitative estimate of drug-likeness (QED) is 0.632. The first kappa shape index (κ1) is 14.8. The van der Waals surface area contributed by atoms with Crippen molar-refractivity contribution in [1.29, 1.82) is 10.7 Å². The lowest BCUT2D eigenvalue weighted by atomic mass is 9.99. The molecule has 1 unspecified atom stereocenters. The Morgan fingerprint density at radius 2 is 2.11 bits per heavy atom. The maximum atomic E-state index is 12.7. The van der Waals surface area contributed by atoms with Crippen LogP contribution < -0.4 is 0 Å². The summed E-state index contributed by atoms with van der Waals surface area (Å²) in [6.45, 7) is 1.90. The molecule has 0 saturated carbocycles. The Balaban J connectivity index is 2.56. The van der Waals surface area contributed by atoms with Crippen molar-refractivity contribution in [1.82, 2.24) is 0 Å². The molecule has 0 amide bonds. The Bertz CT molecular complexity index is 491. The summed E-state index contributed by atoms with van der Waals surface area (Å²) >= 11 is 0. The highest BCUT2D eigenvalue weighted by Crippen LogP contribution is 2.12. The van der Waals surface area contributed by atoms with Crippen LogP contribution in [-0.4, -0.2) is 18.3 Å². The fourth-order valence-corrected chi connectivity index (χ4v) is 1.56. The minimum absolute atomic E-state index is 0.228. The van der Waals surface area contributed by atoms with Crippen LogP contribution in [0.4, 0.5) is 4.39 Å². The van der Waals surface area contributed by atoms with Gasteiger partial charge >= 0.3 is 5.97 Å². The number of ether oxygens (including phenoxy) is 1. The minimum atomic E-state index is -0.860. The fraction of sp³-hybridized carbons (Fsp3) is 0.357. The van der Waals surface area contributed by atoms with Crippen molar-refractivity contribution in [2.24, 2.45) is 5.92 Å². The van der Waals surface area contributed by atoms with Gasteiger partial charge in [-0.1, -0.05) is 12.1 Å². The standard InChI is InChI=1S/C14H15FN2O2/c1-2-19-14(18)11(9-16)5-8-13(17)10-3-6-12(15)7-4-10/h3-4,6-7,11,17H,2,5,8H2,1H3. The molecule has 19 heavy (non-hydrogen) atoms. The average Bonchev–Trinajstić information content (AvgIpc) is 2.40. The highest BCUT2D eigenvalue weighted by molar-refractivity contribution is 5.98. The lowest BCUT2D eigenvalue weighted by Gasteiger charge is -2.09. The number of carbonyl (C=O) groups excluding carboxylic acids is 1. The van der Waals surface area contributed by atoms with Gasteiger partial charge in [-0.25, -0.2) is 4.39 Å². The van der Waals surface area contributed by atoms with Gasteiger partial charge in [0.2, 0.25) is 0 Å². The van der Waals surface area contributed by atoms with Gasteiger partial charge in [0.15, 0.2) is 0 Å². The van der Waals surface area contributed by atoms with Crippen LogP contribution in [0.3, 0.4) is 0 Å². The molecule has 4 nitrogen and oxygen atoms in total. The van der Waals surface area contributed by atoms with Crippen molar-refractivity contribution in [3.63, 3.8) is 0 Å². The Kier molecular flexibility index (Phi) is 5.68. The number of benzene rings is 1. The summed E-state index contributed by atoms with van der Waals surface area (Å²) in [6, 6.07) is 7.43. The first-order chi connectivity index (χ1) is 9.08. The maximum Gasteiger partial charge on any atom is 0.323 e. The van der Waals surface area contributed by atoms with Crippen LogP contribution in [-0.2, 0) is 9.53 Å². The smallest absolute Gasteiger partial charge is 0.323 e. The third-order valence-corrected chi connectivity index (χ3v) is 2.60. The highest BCUT2D eigenvalue weighted by Gasteiger charge is 2.19. The molecule has 0 bridgehead atoms. The van der Waals surface area contributed by atoms with E-state index in [1.54, 1.807) is 6.92 Å². The van der Waals surface area contributed by atoms with Gasteiger partial charge in [-0.3, -0.25) is 4.79 Å². The van der Waals surface area contributed by atoms with Crippen LogP contribution in [0.25, 0.3) is 0 Å². The van der Waals surface area contributed by atoms with Gasteiger partial charge in [-0.2, -0.15) is 5.26 Å². The van der Waals surface area contributed by atoms with Gasteiger partial charge in [-0.05, 0) is 37.5 Å². The van der Waals surface area contributed by atoms with Gasteiger partial charge in [0, 0.05) is 5.71 Å². The number of hydrogen-bond donors (Lipinski definition) is 1. The van der Waals surface area contributed by atoms with Gasteiger partial charge in [0.1, 0.15) is 11.7 Å². The zero-order valence-electron chi connectivity index (χ0n) is 10.6. The second-order valence-corrected chi connectivity index (χ2v) is 3.96. The van der Waals surface area contributed by atoms with E-state index in [4.69, 9.17) is 15.4 Å². The van der Waals surface area contributed by atoms with E-state index in [1.807, 2.05) is 6.07 Å². The van der Waals surface area contributed by atoms with E-state index in [1.165, 1.54) is 24.3 Å². The molecule has 1 atom stereocenters. The third kappa shape index (κ3) is 4.51. The topological polar surface area (TPSA) is 73.9 Å². The molecule has 0 aliphatic carbocycles. The Labute approximate surface area is 111 Å². The highest BCUT2D eigenvalue weighted by atomic mass is 19.1. The van der Waals surface area contributed by atoms with E-state index in [0.29, 0.717) is 5.56 Å². The first-order valence-corrected chi connectivity index (χ1v) is 5.98. The molecule has 0 aliphatic heterocycles. The first-order valence-electron chi connectivity index (χ1n) is 5.98. The number of nitriles is 1. The van der Waals surface area contributed by atoms with Crippen LogP contribution in [0, 0.1) is 28.5 Å². The summed E-state index contributed by atoms with van der Waals surface area (Å²) in [5.41, 5.74) is 0.853. The fourth-order valence-electron chi connectivity index (χ4n) is 1.56. The van der Waals surface area contributed by atoms with E-state index >= 15 is 0 Å². The Hall–Kier alpha value is -2.22. The van der Waals surface area contributed by atoms with Crippen LogP contribution >= 0.6 is 0 Å². The van der Waals surface area contributed by atoms with Crippen molar-refractivity contribution >= 4 is 11.7 Å². The largest absolute Gasteiger partial charge is 0.465 e. The Morgan fingerprint density at radius 1 is 1.47 bits per heavy atom. The Morgan fingerprint density at radius 3 is 2.63 bits per heavy atom. The number of hydrogen-bond acceptors (Lipinski definition) is 4. The lowest BCUT2D eigenvalue weighted by molar-refractivity contribution is -0.146. The van der Waals surface area contributed by atoms with Crippen LogP contribution in [0.1, 0.15) is 25.3 Å². The lowest BCUT2D eigenvalue weighted by Crippen LogP contribution is -2.17. The molecule has 1 aromatic carbocycles. The molecule has 5 heteroatoms. The van der Waals surface area contributed by atoms with Gasteiger partial charge in [-0.15, -0.1) is 0 Å². The van der Waals surface area contributed by atoms with E-state index in [0.717, 1.165) is 0 Å². The predicted octanol–water partition coefficient (Wildman–Crippen LogP) is 2.68. The summed E-state index contributed by atoms with van der Waals surface area (Å²) in [6.07, 6.45) is 0.494. The molecule has 0 aromatic heterocycles. The number of nitrogens with zero attached hydrogens (tertiary/aromatic N) is 1. The van der Waals surface area contributed by atoms with Crippen LogP contribution in [0.15, 0.2) is 24.3 Å². The molecule has 0 aliphatic rings. The molecular weight excluding hydrogens is 247 g/mol. The molecule has 0 spiro atoms. The molecular formula is C14H15FN2O2. The van der Waals surface area contributed by atoms with E-state index < -0.39 is 11.9 Å². The molecule has 100 valence electrons. The van der Waals surface area contributed by atoms with Crippen molar-refractivity contribution in [2.45, 2.75) is 19.8 Å². The SMILES string of the molecule is CCOC(=O)C(C#N)CCC(=N)c1ccc(F)cc1. The minimum Gasteiger partial charge on any atom is -0.465 e. The summed E-state index contributed by atoms with van der Waals surface area (Å²) < 4.78 is 17.5. The molecule has 0 radical (unpaired) electrons. The van der Waals surface area contributed by atoms with Gasteiger partial charge < -0.3 is 10.1 Å². The van der Waals surface area contributed by atoms with E-state index in [2.05, 4.69) is 0 Å². The van der Waals surface area contributed by atoms with Crippen LogP contribution in [0.5, 0.6) is 0 Å². The molecule has 1 aromatic rings. The molecule has 0 fully saturated rings. The zero-order chi connectivity index (χ0) is 14.3. The monoisotopic (exact) mass is 262 g/mol. The van der Waals surface area contributed by atoms with Crippen molar-refractivity contribution in [3.05, 3.63) is 35.6 Å². The van der Waals surface area contributed by atoms with E-state index in [9.17, 15) is 9.18 Å². The van der Waals surface area contributed by atoms with Crippen LogP contribution in [0.2, 0.25) is 0 Å². The van der Waals surface area contributed by atoms with Crippen molar-refractivity contribution in [2.75, 3.05) is 6.61 Å². The number of halogens is 1. The third-order valence-electron chi connectivity index (χ3n) is 2.60. The summed E-state index contributed by atoms with van der Waals surface area (Å²) in [7, 11) is 0. The molecule has 0 heterocycles. The second kappa shape index (κ2) is 7.27. The maximum absolute atomic E-state index is 12.7. The summed E-state index contributed by atoms with van der Waals surface area (Å²) in [4.78, 5) is 11.4. The second-order valence-electron chi connectivity index (χ2n) is 3.96. The number of nitrogens with one attached hydrogen (secondary N) is 1. The van der Waals surface area contributed by atoms with Crippen molar-refractivity contribution in [3.8, 4) is 6.07 Å². The number of rotatable bonds is 6. The summed E-state index contributed by atoms with van der Waals surface area (Å²) in [5, 5.41) is 16.7. The molecule has 0 saturated heterocycles. The van der Waals surface area contributed by atoms with Gasteiger partial charge in [0.25, 0.3) is 0 Å². The number of esters is 1. The average molecular weight is 262 g/mol. The van der Waals surface area contributed by atoms with E-state index in [-0.39, 0.29) is 31.0 Å².